The van der Waals surface area contributed by atoms with Crippen molar-refractivity contribution in [2.45, 2.75) is 63.8 Å². The molecule has 0 aliphatic carbocycles. The number of nitrogens with zero attached hydrogens (tertiary/aromatic N) is 5. The molecule has 27 heavy (non-hydrogen) atoms. The Morgan fingerprint density at radius 3 is 2.52 bits per heavy atom. The van der Waals surface area contributed by atoms with Crippen LogP contribution in [0.4, 0.5) is 0 Å². The van der Waals surface area contributed by atoms with E-state index in [0.29, 0.717) is 25.9 Å². The maximum Gasteiger partial charge on any atom is 0.245 e. The molecule has 2 amide bonds. The molecule has 0 spiro atoms. The van der Waals surface area contributed by atoms with Crippen molar-refractivity contribution in [1.82, 2.24) is 30.0 Å². The quantitative estimate of drug-likeness (QED) is 0.863. The second kappa shape index (κ2) is 6.58. The third-order valence-corrected chi connectivity index (χ3v) is 5.52. The largest absolute Gasteiger partial charge is 0.344 e. The highest BCUT2D eigenvalue weighted by molar-refractivity contribution is 5.90. The number of carbonyl (C=O) groups is 2. The Morgan fingerprint density at radius 1 is 1.15 bits per heavy atom. The molecular weight excluding hydrogens is 344 g/mol. The van der Waals surface area contributed by atoms with Crippen LogP contribution in [-0.2, 0) is 15.0 Å². The molecule has 2 saturated heterocycles. The van der Waals surface area contributed by atoms with Crippen LogP contribution in [0.5, 0.6) is 0 Å². The van der Waals surface area contributed by atoms with Gasteiger partial charge < -0.3 is 10.2 Å². The first-order chi connectivity index (χ1) is 12.8. The van der Waals surface area contributed by atoms with E-state index in [9.17, 15) is 9.59 Å². The summed E-state index contributed by atoms with van der Waals surface area (Å²) >= 11 is 0. The van der Waals surface area contributed by atoms with Gasteiger partial charge in [-0.25, -0.2) is 0 Å². The number of hydrogen-bond donors (Lipinski definition) is 1. The molecule has 2 aliphatic rings. The van der Waals surface area contributed by atoms with E-state index in [1.807, 2.05) is 21.5 Å². The molecule has 0 aromatic carbocycles. The molecule has 1 unspecified atom stereocenters. The number of likely N-dealkylation sites (tertiary alicyclic amines) is 1. The van der Waals surface area contributed by atoms with E-state index in [0.717, 1.165) is 30.0 Å². The standard InChI is InChI=1S/C19H26N6O2/c1-19(2,3)14-5-6-15-21-22-17(25(15)23-14)12-8-10-24(11-9-12)18(27)13-4-7-16(26)20-13/h5-6,12-13H,4,7-11H2,1-3H3,(H,20,26). The minimum Gasteiger partial charge on any atom is -0.344 e. The lowest BCUT2D eigenvalue weighted by Gasteiger charge is -2.32. The normalized spacial score (nSPS) is 21.7. The van der Waals surface area contributed by atoms with Gasteiger partial charge in [0.05, 0.1) is 5.69 Å². The molecule has 8 nitrogen and oxygen atoms in total. The van der Waals surface area contributed by atoms with Crippen LogP contribution in [0.25, 0.3) is 5.65 Å². The van der Waals surface area contributed by atoms with Crippen LogP contribution >= 0.6 is 0 Å². The lowest BCUT2D eigenvalue weighted by Crippen LogP contribution is -2.47. The number of carbonyl (C=O) groups excluding carboxylic acids is 2. The molecule has 4 heterocycles. The highest BCUT2D eigenvalue weighted by Gasteiger charge is 2.34. The zero-order valence-corrected chi connectivity index (χ0v) is 16.1. The Kier molecular flexibility index (Phi) is 4.36. The second-order valence-electron chi connectivity index (χ2n) is 8.56. The Balaban J connectivity index is 1.48. The molecule has 4 rings (SSSR count). The molecule has 2 aromatic heterocycles. The third kappa shape index (κ3) is 3.40. The average molecular weight is 370 g/mol. The van der Waals surface area contributed by atoms with Gasteiger partial charge in [-0.2, -0.15) is 9.61 Å². The number of fused-ring (bicyclic) bond motifs is 1. The fraction of sp³-hybridized carbons (Fsp3) is 0.632. The summed E-state index contributed by atoms with van der Waals surface area (Å²) < 4.78 is 1.86. The predicted molar refractivity (Wildman–Crippen MR) is 99.2 cm³/mol. The van der Waals surface area contributed by atoms with Crippen molar-refractivity contribution in [3.63, 3.8) is 0 Å². The van der Waals surface area contributed by atoms with Gasteiger partial charge in [-0.3, -0.25) is 9.59 Å². The van der Waals surface area contributed by atoms with Crippen LogP contribution < -0.4 is 5.32 Å². The van der Waals surface area contributed by atoms with Gasteiger partial charge in [0.2, 0.25) is 11.8 Å². The Morgan fingerprint density at radius 2 is 1.89 bits per heavy atom. The van der Waals surface area contributed by atoms with E-state index in [1.54, 1.807) is 0 Å². The summed E-state index contributed by atoms with van der Waals surface area (Å²) in [6.45, 7) is 7.75. The zero-order chi connectivity index (χ0) is 19.2. The summed E-state index contributed by atoms with van der Waals surface area (Å²) in [4.78, 5) is 25.8. The van der Waals surface area contributed by atoms with Crippen LogP contribution in [0.15, 0.2) is 12.1 Å². The molecule has 8 heteroatoms. The molecule has 1 N–H and O–H groups in total. The van der Waals surface area contributed by atoms with Crippen LogP contribution in [0.2, 0.25) is 0 Å². The van der Waals surface area contributed by atoms with Gasteiger partial charge in [-0.15, -0.1) is 10.2 Å². The number of piperidine rings is 1. The molecule has 2 fully saturated rings. The third-order valence-electron chi connectivity index (χ3n) is 5.52. The van der Waals surface area contributed by atoms with E-state index in [2.05, 4.69) is 36.3 Å². The highest BCUT2D eigenvalue weighted by Crippen LogP contribution is 2.28. The molecule has 2 aromatic rings. The summed E-state index contributed by atoms with van der Waals surface area (Å²) in [5.74, 6) is 1.11. The van der Waals surface area contributed by atoms with Gasteiger partial charge in [0.15, 0.2) is 11.5 Å². The number of nitrogens with one attached hydrogen (secondary N) is 1. The van der Waals surface area contributed by atoms with Crippen molar-refractivity contribution in [1.29, 1.82) is 0 Å². The van der Waals surface area contributed by atoms with Crippen LogP contribution in [0, 0.1) is 0 Å². The highest BCUT2D eigenvalue weighted by atomic mass is 16.2. The second-order valence-corrected chi connectivity index (χ2v) is 8.56. The molecular formula is C19H26N6O2. The van der Waals surface area contributed by atoms with Crippen molar-refractivity contribution in [3.8, 4) is 0 Å². The summed E-state index contributed by atoms with van der Waals surface area (Å²) in [7, 11) is 0. The maximum absolute atomic E-state index is 12.6. The first-order valence-corrected chi connectivity index (χ1v) is 9.64. The minimum atomic E-state index is -0.348. The van der Waals surface area contributed by atoms with E-state index < -0.39 is 0 Å². The number of aromatic nitrogens is 4. The molecule has 1 atom stereocenters. The van der Waals surface area contributed by atoms with Crippen molar-refractivity contribution in [2.75, 3.05) is 13.1 Å². The molecule has 144 valence electrons. The van der Waals surface area contributed by atoms with Crippen LogP contribution in [0.1, 0.15) is 63.9 Å². The van der Waals surface area contributed by atoms with E-state index >= 15 is 0 Å². The number of amides is 2. The summed E-state index contributed by atoms with van der Waals surface area (Å²) in [5.41, 5.74) is 1.71. The van der Waals surface area contributed by atoms with Crippen LogP contribution in [-0.4, -0.2) is 55.7 Å². The van der Waals surface area contributed by atoms with Crippen molar-refractivity contribution >= 4 is 17.5 Å². The Hall–Kier alpha value is -2.51. The van der Waals surface area contributed by atoms with Gasteiger partial charge in [0, 0.05) is 30.8 Å². The number of rotatable bonds is 2. The summed E-state index contributed by atoms with van der Waals surface area (Å²) in [5, 5.41) is 16.2. The minimum absolute atomic E-state index is 0.0288. The predicted octanol–water partition coefficient (Wildman–Crippen LogP) is 1.41. The summed E-state index contributed by atoms with van der Waals surface area (Å²) in [6, 6.07) is 3.62. The fourth-order valence-electron chi connectivity index (χ4n) is 3.84. The molecule has 0 bridgehead atoms. The molecule has 0 radical (unpaired) electrons. The van der Waals surface area contributed by atoms with E-state index in [1.165, 1.54) is 0 Å². The maximum atomic E-state index is 12.6. The topological polar surface area (TPSA) is 92.5 Å². The number of hydrogen-bond acceptors (Lipinski definition) is 5. The Bertz CT molecular complexity index is 876. The van der Waals surface area contributed by atoms with E-state index in [4.69, 9.17) is 5.10 Å². The summed E-state index contributed by atoms with van der Waals surface area (Å²) in [6.07, 6.45) is 2.70. The average Bonchev–Trinajstić information content (AvgIpc) is 3.26. The SMILES string of the molecule is CC(C)(C)c1ccc2nnc(C3CCN(C(=O)C4CCC(=O)N4)CC3)n2n1. The van der Waals surface area contributed by atoms with Gasteiger partial charge in [-0.1, -0.05) is 20.8 Å². The first-order valence-electron chi connectivity index (χ1n) is 9.64. The molecule has 2 aliphatic heterocycles. The van der Waals surface area contributed by atoms with Gasteiger partial charge in [-0.05, 0) is 31.4 Å². The first kappa shape index (κ1) is 17.9. The fourth-order valence-corrected chi connectivity index (χ4v) is 3.84. The van der Waals surface area contributed by atoms with E-state index in [-0.39, 0.29) is 29.2 Å². The lowest BCUT2D eigenvalue weighted by molar-refractivity contribution is -0.135. The van der Waals surface area contributed by atoms with Crippen molar-refractivity contribution < 1.29 is 9.59 Å². The van der Waals surface area contributed by atoms with Crippen molar-refractivity contribution in [2.24, 2.45) is 0 Å². The smallest absolute Gasteiger partial charge is 0.245 e. The van der Waals surface area contributed by atoms with Crippen molar-refractivity contribution in [3.05, 3.63) is 23.7 Å². The monoisotopic (exact) mass is 370 g/mol. The van der Waals surface area contributed by atoms with Gasteiger partial charge in [0.25, 0.3) is 0 Å². The lowest BCUT2D eigenvalue weighted by atomic mass is 9.92. The van der Waals surface area contributed by atoms with Gasteiger partial charge >= 0.3 is 0 Å². The Labute approximate surface area is 158 Å². The van der Waals surface area contributed by atoms with Gasteiger partial charge in [0.1, 0.15) is 6.04 Å². The zero-order valence-electron chi connectivity index (χ0n) is 16.1. The molecule has 0 saturated carbocycles. The van der Waals surface area contributed by atoms with Crippen LogP contribution in [0.3, 0.4) is 0 Å².